The van der Waals surface area contributed by atoms with Crippen molar-refractivity contribution in [1.29, 1.82) is 0 Å². The third-order valence-corrected chi connectivity index (χ3v) is 1.80. The topological polar surface area (TPSA) is 35.5 Å². The van der Waals surface area contributed by atoms with E-state index in [9.17, 15) is 9.18 Å². The van der Waals surface area contributed by atoms with Crippen molar-refractivity contribution in [2.24, 2.45) is 0 Å². The first kappa shape index (κ1) is 11.2. The lowest BCUT2D eigenvalue weighted by molar-refractivity contribution is -0.133. The highest BCUT2D eigenvalue weighted by molar-refractivity contribution is 6.16. The first-order valence-electron chi connectivity index (χ1n) is 4.26. The summed E-state index contributed by atoms with van der Waals surface area (Å²) in [7, 11) is 2.70. The summed E-state index contributed by atoms with van der Waals surface area (Å²) in [5, 5.41) is 0. The van der Waals surface area contributed by atoms with Crippen molar-refractivity contribution in [3.8, 4) is 0 Å². The zero-order valence-corrected chi connectivity index (χ0v) is 8.49. The molecule has 0 N–H and O–H groups in total. The van der Waals surface area contributed by atoms with Crippen LogP contribution in [0.4, 0.5) is 4.39 Å². The summed E-state index contributed by atoms with van der Waals surface area (Å²) in [5.74, 6) is -0.885. The molecule has 0 aliphatic heterocycles. The fraction of sp³-hybridized carbons (Fsp3) is 0.182. The van der Waals surface area contributed by atoms with Crippen molar-refractivity contribution < 1.29 is 18.7 Å². The Labute approximate surface area is 87.1 Å². The van der Waals surface area contributed by atoms with Gasteiger partial charge >= 0.3 is 5.97 Å². The molecule has 0 radical (unpaired) electrons. The highest BCUT2D eigenvalue weighted by Crippen LogP contribution is 2.16. The van der Waals surface area contributed by atoms with Gasteiger partial charge in [0.2, 0.25) is 0 Å². The summed E-state index contributed by atoms with van der Waals surface area (Å²) >= 11 is 0. The number of benzene rings is 1. The van der Waals surface area contributed by atoms with Crippen molar-refractivity contribution in [3.63, 3.8) is 0 Å². The average molecular weight is 210 g/mol. The van der Waals surface area contributed by atoms with Crippen molar-refractivity contribution in [1.82, 2.24) is 0 Å². The minimum atomic E-state index is -0.525. The van der Waals surface area contributed by atoms with Crippen LogP contribution in [0.3, 0.4) is 0 Å². The summed E-state index contributed by atoms with van der Waals surface area (Å²) in [4.78, 5) is 11.3. The molecule has 0 fully saturated rings. The van der Waals surface area contributed by atoms with E-state index in [2.05, 4.69) is 4.74 Å². The molecule has 0 atom stereocenters. The Morgan fingerprint density at radius 3 is 2.33 bits per heavy atom. The van der Waals surface area contributed by atoms with Gasteiger partial charge in [-0.15, -0.1) is 0 Å². The summed E-state index contributed by atoms with van der Waals surface area (Å²) in [6, 6.07) is 5.50. The molecule has 0 bridgehead atoms. The van der Waals surface area contributed by atoms with Gasteiger partial charge in [-0.3, -0.25) is 0 Å². The van der Waals surface area contributed by atoms with E-state index in [4.69, 9.17) is 4.74 Å². The lowest BCUT2D eigenvalue weighted by Gasteiger charge is -2.04. The number of ether oxygens (including phenoxy) is 2. The molecule has 0 saturated carbocycles. The van der Waals surface area contributed by atoms with Crippen LogP contribution in [0, 0.1) is 5.82 Å². The van der Waals surface area contributed by atoms with Crippen LogP contribution in [0.2, 0.25) is 0 Å². The largest absolute Gasteiger partial charge is 0.503 e. The predicted octanol–water partition coefficient (Wildman–Crippen LogP) is 1.99. The highest BCUT2D eigenvalue weighted by Gasteiger charge is 2.12. The molecule has 0 amide bonds. The Morgan fingerprint density at radius 2 is 1.87 bits per heavy atom. The molecule has 4 heteroatoms. The molecule has 0 aromatic heterocycles. The summed E-state index contributed by atoms with van der Waals surface area (Å²) in [5.41, 5.74) is 0.796. The van der Waals surface area contributed by atoms with E-state index in [1.807, 2.05) is 0 Å². The summed E-state index contributed by atoms with van der Waals surface area (Å²) < 4.78 is 22.0. The van der Waals surface area contributed by atoms with Crippen molar-refractivity contribution in [2.75, 3.05) is 14.2 Å². The molecule has 80 valence electrons. The Kier molecular flexibility index (Phi) is 3.85. The van der Waals surface area contributed by atoms with Gasteiger partial charge in [0.15, 0.2) is 0 Å². The minimum Gasteiger partial charge on any atom is -0.503 e. The molecule has 0 saturated heterocycles. The van der Waals surface area contributed by atoms with E-state index in [1.165, 1.54) is 44.7 Å². The van der Waals surface area contributed by atoms with Gasteiger partial charge in [0.1, 0.15) is 11.4 Å². The van der Waals surface area contributed by atoms with Gasteiger partial charge < -0.3 is 9.47 Å². The molecule has 1 rings (SSSR count). The minimum absolute atomic E-state index is 0.250. The standard InChI is InChI=1S/C11H11FO3/c1-14-7-10(11(13)15-2)8-3-5-9(12)6-4-8/h3-7H,1-2H3/b10-7-. The fourth-order valence-electron chi connectivity index (χ4n) is 1.09. The van der Waals surface area contributed by atoms with Gasteiger partial charge in [-0.25, -0.2) is 9.18 Å². The third kappa shape index (κ3) is 2.80. The first-order chi connectivity index (χ1) is 7.19. The van der Waals surface area contributed by atoms with Gasteiger partial charge in [0.05, 0.1) is 20.5 Å². The fourth-order valence-corrected chi connectivity index (χ4v) is 1.09. The van der Waals surface area contributed by atoms with E-state index in [0.717, 1.165) is 0 Å². The number of hydrogen-bond donors (Lipinski definition) is 0. The molecule has 0 spiro atoms. The number of hydrogen-bond acceptors (Lipinski definition) is 3. The second kappa shape index (κ2) is 5.14. The predicted molar refractivity (Wildman–Crippen MR) is 53.4 cm³/mol. The highest BCUT2D eigenvalue weighted by atomic mass is 19.1. The lowest BCUT2D eigenvalue weighted by Crippen LogP contribution is -2.04. The summed E-state index contributed by atoms with van der Waals surface area (Å²) in [6.07, 6.45) is 1.26. The van der Waals surface area contributed by atoms with Crippen LogP contribution in [-0.4, -0.2) is 20.2 Å². The number of rotatable bonds is 3. The maximum absolute atomic E-state index is 12.7. The van der Waals surface area contributed by atoms with E-state index in [1.54, 1.807) is 0 Å². The van der Waals surface area contributed by atoms with Crippen LogP contribution >= 0.6 is 0 Å². The summed E-state index contributed by atoms with van der Waals surface area (Å²) in [6.45, 7) is 0. The first-order valence-corrected chi connectivity index (χ1v) is 4.26. The van der Waals surface area contributed by atoms with Gasteiger partial charge in [-0.05, 0) is 17.7 Å². The second-order valence-electron chi connectivity index (χ2n) is 2.77. The van der Waals surface area contributed by atoms with Crippen LogP contribution in [0.1, 0.15) is 5.56 Å². The monoisotopic (exact) mass is 210 g/mol. The number of halogens is 1. The van der Waals surface area contributed by atoms with Gasteiger partial charge in [0.25, 0.3) is 0 Å². The number of methoxy groups -OCH3 is 2. The normalized spacial score (nSPS) is 11.0. The van der Waals surface area contributed by atoms with E-state index in [-0.39, 0.29) is 11.4 Å². The molecular formula is C11H11FO3. The lowest BCUT2D eigenvalue weighted by atomic mass is 10.1. The van der Waals surface area contributed by atoms with Crippen molar-refractivity contribution in [3.05, 3.63) is 41.9 Å². The molecule has 1 aromatic carbocycles. The Morgan fingerprint density at radius 1 is 1.27 bits per heavy atom. The van der Waals surface area contributed by atoms with Crippen LogP contribution in [0.5, 0.6) is 0 Å². The van der Waals surface area contributed by atoms with Gasteiger partial charge in [-0.2, -0.15) is 0 Å². The Hall–Kier alpha value is -1.84. The SMILES string of the molecule is CO/C=C(\C(=O)OC)c1ccc(F)cc1. The van der Waals surface area contributed by atoms with Crippen LogP contribution in [0.25, 0.3) is 5.57 Å². The zero-order valence-electron chi connectivity index (χ0n) is 8.49. The molecule has 15 heavy (non-hydrogen) atoms. The number of carbonyl (C=O) groups excluding carboxylic acids is 1. The third-order valence-electron chi connectivity index (χ3n) is 1.80. The molecule has 3 nitrogen and oxygen atoms in total. The Bertz CT molecular complexity index is 368. The maximum atomic E-state index is 12.7. The number of esters is 1. The molecular weight excluding hydrogens is 199 g/mol. The molecule has 0 aliphatic rings. The van der Waals surface area contributed by atoms with E-state index < -0.39 is 5.97 Å². The average Bonchev–Trinajstić information content (AvgIpc) is 2.26. The van der Waals surface area contributed by atoms with Crippen LogP contribution in [-0.2, 0) is 14.3 Å². The van der Waals surface area contributed by atoms with Crippen LogP contribution < -0.4 is 0 Å². The zero-order chi connectivity index (χ0) is 11.3. The Balaban J connectivity index is 3.05. The maximum Gasteiger partial charge on any atom is 0.341 e. The quantitative estimate of drug-likeness (QED) is 0.434. The second-order valence-corrected chi connectivity index (χ2v) is 2.77. The van der Waals surface area contributed by atoms with E-state index in [0.29, 0.717) is 5.56 Å². The molecule has 0 aliphatic carbocycles. The van der Waals surface area contributed by atoms with E-state index >= 15 is 0 Å². The van der Waals surface area contributed by atoms with Gasteiger partial charge in [0, 0.05) is 0 Å². The molecule has 0 heterocycles. The smallest absolute Gasteiger partial charge is 0.341 e. The van der Waals surface area contributed by atoms with Crippen molar-refractivity contribution >= 4 is 11.5 Å². The van der Waals surface area contributed by atoms with Crippen molar-refractivity contribution in [2.45, 2.75) is 0 Å². The van der Waals surface area contributed by atoms with Crippen LogP contribution in [0.15, 0.2) is 30.5 Å². The molecule has 0 unspecified atom stereocenters. The number of carbonyl (C=O) groups is 1. The molecule has 1 aromatic rings. The van der Waals surface area contributed by atoms with Gasteiger partial charge in [-0.1, -0.05) is 12.1 Å².